The van der Waals surface area contributed by atoms with Crippen molar-refractivity contribution >= 4 is 23.2 Å². The second-order valence-electron chi connectivity index (χ2n) is 10.7. The van der Waals surface area contributed by atoms with Crippen LogP contribution in [-0.2, 0) is 23.4 Å². The van der Waals surface area contributed by atoms with Gasteiger partial charge in [0, 0.05) is 30.6 Å². The summed E-state index contributed by atoms with van der Waals surface area (Å²) in [6.45, 7) is 2.36. The quantitative estimate of drug-likeness (QED) is 0.277. The van der Waals surface area contributed by atoms with Gasteiger partial charge in [-0.2, -0.15) is 5.26 Å². The lowest BCUT2D eigenvalue weighted by Gasteiger charge is -2.39. The molecule has 2 N–H and O–H groups in total. The largest absolute Gasteiger partial charge is 0.487 e. The molecule has 2 heterocycles. The third-order valence-corrected chi connectivity index (χ3v) is 8.17. The molecule has 0 radical (unpaired) electrons. The lowest BCUT2D eigenvalue weighted by atomic mass is 9.72. The number of fused-ring (bicyclic) bond motifs is 2. The van der Waals surface area contributed by atoms with Crippen molar-refractivity contribution in [3.63, 3.8) is 0 Å². The van der Waals surface area contributed by atoms with Crippen LogP contribution in [-0.4, -0.2) is 30.6 Å². The molecule has 2 aliphatic heterocycles. The van der Waals surface area contributed by atoms with Crippen LogP contribution < -0.4 is 15.4 Å². The minimum atomic E-state index is -0.342. The average Bonchev–Trinajstić information content (AvgIpc) is 3.35. The second-order valence-corrected chi connectivity index (χ2v) is 10.7. The molecule has 1 spiro atoms. The molecule has 0 aromatic heterocycles. The minimum absolute atomic E-state index is 0.242. The molecule has 1 amide bonds. The van der Waals surface area contributed by atoms with E-state index < -0.39 is 0 Å². The summed E-state index contributed by atoms with van der Waals surface area (Å²) in [5.41, 5.74) is 12.2. The Kier molecular flexibility index (Phi) is 7.22. The van der Waals surface area contributed by atoms with Gasteiger partial charge in [0.15, 0.2) is 0 Å². The van der Waals surface area contributed by atoms with Crippen LogP contribution in [0.15, 0.2) is 97.1 Å². The van der Waals surface area contributed by atoms with E-state index in [0.717, 1.165) is 28.1 Å². The smallest absolute Gasteiger partial charge is 0.410 e. The summed E-state index contributed by atoms with van der Waals surface area (Å²) in [6, 6.07) is 33.7. The van der Waals surface area contributed by atoms with Gasteiger partial charge in [-0.05, 0) is 48.2 Å². The number of ether oxygens (including phenoxy) is 2. The van der Waals surface area contributed by atoms with Gasteiger partial charge in [-0.3, -0.25) is 0 Å². The Bertz CT molecular complexity index is 1580. The van der Waals surface area contributed by atoms with Gasteiger partial charge in [0.1, 0.15) is 19.0 Å². The second kappa shape index (κ2) is 11.3. The number of hydrogen-bond acceptors (Lipinski definition) is 6. The van der Waals surface area contributed by atoms with Crippen molar-refractivity contribution in [1.82, 2.24) is 4.90 Å². The molecule has 41 heavy (non-hydrogen) atoms. The first-order valence-corrected chi connectivity index (χ1v) is 13.9. The maximum atomic E-state index is 13.0. The molecule has 206 valence electrons. The van der Waals surface area contributed by atoms with Gasteiger partial charge >= 0.3 is 6.09 Å². The van der Waals surface area contributed by atoms with Gasteiger partial charge in [0.05, 0.1) is 28.7 Å². The third kappa shape index (κ3) is 5.17. The standard InChI is InChI=1S/C34H32N4O3/c35-21-27-15-16-30(40-22-25-9-3-1-4-10-25)32-31(27)34(24-38(32)29-14-8-7-13-28(29)36)17-19-37(20-18-34)33(39)41-23-26-11-5-2-6-12-26/h1-16H,17-20,22-24,36H2. The SMILES string of the molecule is N#Cc1ccc(OCc2ccccc2)c2c1C1(CCN(C(=O)OCc3ccccc3)CC1)CN2c1ccccc1N. The molecule has 7 nitrogen and oxygen atoms in total. The van der Waals surface area contributed by atoms with Crippen molar-refractivity contribution in [3.05, 3.63) is 119 Å². The number of piperidine rings is 1. The molecule has 6 rings (SSSR count). The summed E-state index contributed by atoms with van der Waals surface area (Å²) < 4.78 is 12.0. The first-order chi connectivity index (χ1) is 20.1. The highest BCUT2D eigenvalue weighted by atomic mass is 16.6. The molecule has 0 unspecified atom stereocenters. The number of hydrogen-bond donors (Lipinski definition) is 1. The van der Waals surface area contributed by atoms with Crippen LogP contribution in [0.3, 0.4) is 0 Å². The maximum absolute atomic E-state index is 13.0. The fourth-order valence-electron chi connectivity index (χ4n) is 6.06. The van der Waals surface area contributed by atoms with Crippen LogP contribution in [0.2, 0.25) is 0 Å². The molecular weight excluding hydrogens is 512 g/mol. The Morgan fingerprint density at radius 1 is 0.854 bits per heavy atom. The first-order valence-electron chi connectivity index (χ1n) is 13.9. The molecular formula is C34H32N4O3. The van der Waals surface area contributed by atoms with Crippen molar-refractivity contribution in [3.8, 4) is 11.8 Å². The van der Waals surface area contributed by atoms with Crippen molar-refractivity contribution < 1.29 is 14.3 Å². The van der Waals surface area contributed by atoms with Crippen LogP contribution >= 0.6 is 0 Å². The maximum Gasteiger partial charge on any atom is 0.410 e. The summed E-state index contributed by atoms with van der Waals surface area (Å²) in [7, 11) is 0. The lowest BCUT2D eigenvalue weighted by molar-refractivity contribution is 0.0791. The van der Waals surface area contributed by atoms with Crippen LogP contribution in [0, 0.1) is 11.3 Å². The summed E-state index contributed by atoms with van der Waals surface area (Å²) in [5, 5.41) is 10.2. The number of amides is 1. The van der Waals surface area contributed by atoms with Crippen LogP contribution in [0.4, 0.5) is 21.9 Å². The molecule has 0 bridgehead atoms. The molecule has 0 saturated carbocycles. The number of likely N-dealkylation sites (tertiary alicyclic amines) is 1. The van der Waals surface area contributed by atoms with E-state index in [2.05, 4.69) is 11.0 Å². The molecule has 2 aliphatic rings. The predicted octanol–water partition coefficient (Wildman–Crippen LogP) is 6.54. The van der Waals surface area contributed by atoms with Crippen molar-refractivity contribution in [2.75, 3.05) is 30.3 Å². The van der Waals surface area contributed by atoms with Gasteiger partial charge < -0.3 is 25.0 Å². The summed E-state index contributed by atoms with van der Waals surface area (Å²) in [4.78, 5) is 16.9. The number of benzene rings is 4. The zero-order valence-corrected chi connectivity index (χ0v) is 22.8. The predicted molar refractivity (Wildman–Crippen MR) is 159 cm³/mol. The molecule has 1 saturated heterocycles. The molecule has 4 aromatic carbocycles. The van der Waals surface area contributed by atoms with Crippen molar-refractivity contribution in [2.45, 2.75) is 31.5 Å². The number of para-hydroxylation sites is 2. The Morgan fingerprint density at radius 2 is 1.49 bits per heavy atom. The number of nitrogens with zero attached hydrogens (tertiary/aromatic N) is 3. The van der Waals surface area contributed by atoms with Gasteiger partial charge in [-0.1, -0.05) is 72.8 Å². The minimum Gasteiger partial charge on any atom is -0.487 e. The Labute approximate surface area is 240 Å². The van der Waals surface area contributed by atoms with E-state index in [9.17, 15) is 10.1 Å². The summed E-state index contributed by atoms with van der Waals surface area (Å²) >= 11 is 0. The average molecular weight is 545 g/mol. The van der Waals surface area contributed by atoms with E-state index >= 15 is 0 Å². The molecule has 4 aromatic rings. The Balaban J connectivity index is 1.31. The van der Waals surface area contributed by atoms with E-state index in [1.54, 1.807) is 4.90 Å². The van der Waals surface area contributed by atoms with Crippen LogP contribution in [0.25, 0.3) is 0 Å². The van der Waals surface area contributed by atoms with E-state index in [-0.39, 0.29) is 18.1 Å². The highest BCUT2D eigenvalue weighted by Gasteiger charge is 2.49. The zero-order chi connectivity index (χ0) is 28.2. The monoisotopic (exact) mass is 544 g/mol. The normalized spacial score (nSPS) is 15.3. The molecule has 7 heteroatoms. The van der Waals surface area contributed by atoms with Gasteiger partial charge in [-0.25, -0.2) is 4.79 Å². The Hall–Kier alpha value is -4.96. The molecule has 1 fully saturated rings. The zero-order valence-electron chi connectivity index (χ0n) is 22.8. The van der Waals surface area contributed by atoms with Crippen molar-refractivity contribution in [2.24, 2.45) is 0 Å². The highest BCUT2D eigenvalue weighted by Crippen LogP contribution is 2.55. The van der Waals surface area contributed by atoms with Crippen LogP contribution in [0.5, 0.6) is 5.75 Å². The number of carbonyl (C=O) groups excluding carboxylic acids is 1. The first kappa shape index (κ1) is 26.3. The third-order valence-electron chi connectivity index (χ3n) is 8.17. The van der Waals surface area contributed by atoms with E-state index in [1.165, 1.54) is 0 Å². The fourth-order valence-corrected chi connectivity index (χ4v) is 6.06. The van der Waals surface area contributed by atoms with E-state index in [0.29, 0.717) is 56.1 Å². The van der Waals surface area contributed by atoms with Crippen LogP contribution in [0.1, 0.15) is 35.1 Å². The van der Waals surface area contributed by atoms with Gasteiger partial charge in [0.25, 0.3) is 0 Å². The molecule has 0 atom stereocenters. The number of anilines is 3. The van der Waals surface area contributed by atoms with Gasteiger partial charge in [0.2, 0.25) is 0 Å². The number of carbonyl (C=O) groups is 1. The summed E-state index contributed by atoms with van der Waals surface area (Å²) in [6.07, 6.45) is 1.08. The number of nitriles is 1. The molecule has 0 aliphatic carbocycles. The van der Waals surface area contributed by atoms with E-state index in [1.807, 2.05) is 97.1 Å². The topological polar surface area (TPSA) is 91.8 Å². The van der Waals surface area contributed by atoms with Gasteiger partial charge in [-0.15, -0.1) is 0 Å². The van der Waals surface area contributed by atoms with Crippen molar-refractivity contribution in [1.29, 1.82) is 5.26 Å². The van der Waals surface area contributed by atoms with E-state index in [4.69, 9.17) is 15.2 Å². The highest BCUT2D eigenvalue weighted by molar-refractivity contribution is 5.85. The Morgan fingerprint density at radius 3 is 2.15 bits per heavy atom. The fraction of sp³-hybridized carbons (Fsp3) is 0.235. The number of rotatable bonds is 6. The summed E-state index contributed by atoms with van der Waals surface area (Å²) in [5.74, 6) is 0.715. The number of nitrogen functional groups attached to an aromatic ring is 1. The lowest BCUT2D eigenvalue weighted by Crippen LogP contribution is -2.47. The number of nitrogens with two attached hydrogens (primary N) is 1.